The Bertz CT molecular complexity index is 256. The lowest BCUT2D eigenvalue weighted by molar-refractivity contribution is 0.0911. The average Bonchev–Trinajstić information content (AvgIpc) is 2.04. The van der Waals surface area contributed by atoms with E-state index in [1.165, 1.54) is 0 Å². The van der Waals surface area contributed by atoms with Gasteiger partial charge in [0.05, 0.1) is 0 Å². The number of alkyl halides is 1. The van der Waals surface area contributed by atoms with Crippen LogP contribution < -0.4 is 5.32 Å². The molecule has 0 spiro atoms. The molecule has 0 unspecified atom stereocenters. The lowest BCUT2D eigenvalue weighted by Gasteiger charge is -2.34. The van der Waals surface area contributed by atoms with E-state index in [-0.39, 0.29) is 0 Å². The molecule has 2 nitrogen and oxygen atoms in total. The molecule has 0 aliphatic carbocycles. The first-order valence-corrected chi connectivity index (χ1v) is 4.07. The predicted molar refractivity (Wildman–Crippen MR) is 44.6 cm³/mol. The van der Waals surface area contributed by atoms with Gasteiger partial charge < -0.3 is 5.32 Å². The van der Waals surface area contributed by atoms with Gasteiger partial charge in [-0.15, -0.1) is 0 Å². The molecule has 0 bridgehead atoms. The van der Waals surface area contributed by atoms with Crippen LogP contribution in [0.5, 0.6) is 0 Å². The monoisotopic (exact) mass is 166 g/mol. The van der Waals surface area contributed by atoms with Crippen LogP contribution >= 0.6 is 0 Å². The van der Waals surface area contributed by atoms with E-state index in [0.717, 1.165) is 5.56 Å². The van der Waals surface area contributed by atoms with Crippen molar-refractivity contribution >= 4 is 0 Å². The summed E-state index contributed by atoms with van der Waals surface area (Å²) >= 11 is 0. The second-order valence-electron chi connectivity index (χ2n) is 3.29. The average molecular weight is 166 g/mol. The van der Waals surface area contributed by atoms with Crippen molar-refractivity contribution in [3.8, 4) is 0 Å². The van der Waals surface area contributed by atoms with E-state index in [1.54, 1.807) is 12.4 Å². The molecular weight excluding hydrogens is 155 g/mol. The van der Waals surface area contributed by atoms with Crippen LogP contribution in [0.15, 0.2) is 24.5 Å². The number of nitrogens with one attached hydrogen (secondary N) is 1. The molecule has 1 fully saturated rings. The zero-order valence-electron chi connectivity index (χ0n) is 6.76. The zero-order valence-corrected chi connectivity index (χ0v) is 6.76. The number of nitrogens with zero attached hydrogens (tertiary/aromatic N) is 1. The molecule has 0 radical (unpaired) electrons. The molecule has 12 heavy (non-hydrogen) atoms. The third-order valence-electron chi connectivity index (χ3n) is 2.15. The molecule has 1 aromatic rings. The fourth-order valence-electron chi connectivity index (χ4n) is 1.39. The van der Waals surface area contributed by atoms with Gasteiger partial charge in [0.15, 0.2) is 0 Å². The molecule has 0 saturated carbocycles. The van der Waals surface area contributed by atoms with E-state index in [9.17, 15) is 4.39 Å². The van der Waals surface area contributed by atoms with Gasteiger partial charge in [0.25, 0.3) is 0 Å². The van der Waals surface area contributed by atoms with Crippen LogP contribution in [0.3, 0.4) is 0 Å². The Labute approximate surface area is 70.8 Å². The second-order valence-corrected chi connectivity index (χ2v) is 3.29. The fraction of sp³-hybridized carbons (Fsp3) is 0.444. The van der Waals surface area contributed by atoms with Crippen LogP contribution in [0.1, 0.15) is 5.56 Å². The molecule has 2 heterocycles. The number of aromatic nitrogens is 1. The van der Waals surface area contributed by atoms with Gasteiger partial charge in [-0.2, -0.15) is 0 Å². The van der Waals surface area contributed by atoms with Gasteiger partial charge in [0, 0.05) is 31.9 Å². The molecule has 1 N–H and O–H groups in total. The van der Waals surface area contributed by atoms with Gasteiger partial charge in [-0.25, -0.2) is 4.39 Å². The quantitative estimate of drug-likeness (QED) is 0.707. The normalized spacial score (nSPS) is 20.1. The number of hydrogen-bond acceptors (Lipinski definition) is 2. The van der Waals surface area contributed by atoms with Crippen molar-refractivity contribution in [3.05, 3.63) is 30.1 Å². The Morgan fingerprint density at radius 2 is 2.08 bits per heavy atom. The van der Waals surface area contributed by atoms with E-state index in [0.29, 0.717) is 19.5 Å². The highest BCUT2D eigenvalue weighted by atomic mass is 19.1. The number of hydrogen-bond donors (Lipinski definition) is 1. The van der Waals surface area contributed by atoms with Crippen molar-refractivity contribution in [2.24, 2.45) is 0 Å². The van der Waals surface area contributed by atoms with Crippen LogP contribution in [0.4, 0.5) is 4.39 Å². The Balaban J connectivity index is 2.04. The Morgan fingerprint density at radius 3 is 2.58 bits per heavy atom. The van der Waals surface area contributed by atoms with E-state index < -0.39 is 5.67 Å². The predicted octanol–water partition coefficient (Wildman–Crippen LogP) is 0.936. The first-order valence-electron chi connectivity index (χ1n) is 4.07. The van der Waals surface area contributed by atoms with Crippen molar-refractivity contribution in [1.29, 1.82) is 0 Å². The van der Waals surface area contributed by atoms with Gasteiger partial charge in [-0.3, -0.25) is 4.98 Å². The lowest BCUT2D eigenvalue weighted by Crippen LogP contribution is -2.57. The standard InChI is InChI=1S/C9H11FN2/c10-9(6-12-7-9)5-8-1-3-11-4-2-8/h1-4,12H,5-7H2. The van der Waals surface area contributed by atoms with Gasteiger partial charge in [-0.05, 0) is 17.7 Å². The molecule has 1 aliphatic heterocycles. The van der Waals surface area contributed by atoms with Crippen LogP contribution in [-0.2, 0) is 6.42 Å². The molecule has 0 amide bonds. The SMILES string of the molecule is FC1(Cc2ccncc2)CNC1. The summed E-state index contributed by atoms with van der Waals surface area (Å²) in [5.74, 6) is 0. The van der Waals surface area contributed by atoms with Crippen LogP contribution in [0.2, 0.25) is 0 Å². The van der Waals surface area contributed by atoms with Crippen molar-refractivity contribution in [2.75, 3.05) is 13.1 Å². The molecule has 0 atom stereocenters. The minimum absolute atomic E-state index is 0.481. The first kappa shape index (κ1) is 7.68. The molecule has 1 aromatic heterocycles. The van der Waals surface area contributed by atoms with Crippen LogP contribution in [-0.4, -0.2) is 23.7 Å². The molecular formula is C9H11FN2. The van der Waals surface area contributed by atoms with Gasteiger partial charge in [0.2, 0.25) is 0 Å². The second kappa shape index (κ2) is 2.83. The maximum atomic E-state index is 13.5. The summed E-state index contributed by atoms with van der Waals surface area (Å²) in [5.41, 5.74) is 0.00968. The maximum absolute atomic E-state index is 13.5. The summed E-state index contributed by atoms with van der Waals surface area (Å²) in [4.78, 5) is 3.88. The number of rotatable bonds is 2. The zero-order chi connectivity index (χ0) is 8.44. The molecule has 3 heteroatoms. The maximum Gasteiger partial charge on any atom is 0.139 e. The smallest absolute Gasteiger partial charge is 0.139 e. The van der Waals surface area contributed by atoms with E-state index in [4.69, 9.17) is 0 Å². The Morgan fingerprint density at radius 1 is 1.42 bits per heavy atom. The summed E-state index contributed by atoms with van der Waals surface area (Å²) in [6, 6.07) is 3.72. The van der Waals surface area contributed by atoms with Gasteiger partial charge in [-0.1, -0.05) is 0 Å². The van der Waals surface area contributed by atoms with Gasteiger partial charge >= 0.3 is 0 Å². The highest BCUT2D eigenvalue weighted by molar-refractivity contribution is 5.15. The summed E-state index contributed by atoms with van der Waals surface area (Å²) in [6.07, 6.45) is 3.90. The van der Waals surface area contributed by atoms with Crippen molar-refractivity contribution in [1.82, 2.24) is 10.3 Å². The van der Waals surface area contributed by atoms with Crippen LogP contribution in [0, 0.1) is 0 Å². The molecule has 0 aromatic carbocycles. The van der Waals surface area contributed by atoms with Crippen molar-refractivity contribution in [2.45, 2.75) is 12.1 Å². The first-order chi connectivity index (χ1) is 5.79. The van der Waals surface area contributed by atoms with E-state index >= 15 is 0 Å². The number of halogens is 1. The van der Waals surface area contributed by atoms with Crippen molar-refractivity contribution in [3.63, 3.8) is 0 Å². The summed E-state index contributed by atoms with van der Waals surface area (Å²) < 4.78 is 13.5. The largest absolute Gasteiger partial charge is 0.310 e. The fourth-order valence-corrected chi connectivity index (χ4v) is 1.39. The summed E-state index contributed by atoms with van der Waals surface area (Å²) in [5, 5.41) is 2.93. The van der Waals surface area contributed by atoms with E-state index in [1.807, 2.05) is 12.1 Å². The molecule has 1 aliphatic rings. The lowest BCUT2D eigenvalue weighted by atomic mass is 9.91. The Kier molecular flexibility index (Phi) is 1.81. The number of pyridine rings is 1. The highest BCUT2D eigenvalue weighted by Gasteiger charge is 2.36. The van der Waals surface area contributed by atoms with Gasteiger partial charge in [0.1, 0.15) is 5.67 Å². The summed E-state index contributed by atoms with van der Waals surface area (Å²) in [7, 11) is 0. The van der Waals surface area contributed by atoms with E-state index in [2.05, 4.69) is 10.3 Å². The highest BCUT2D eigenvalue weighted by Crippen LogP contribution is 2.21. The van der Waals surface area contributed by atoms with Crippen molar-refractivity contribution < 1.29 is 4.39 Å². The molecule has 1 saturated heterocycles. The third-order valence-corrected chi connectivity index (χ3v) is 2.15. The third kappa shape index (κ3) is 1.46. The molecule has 2 rings (SSSR count). The topological polar surface area (TPSA) is 24.9 Å². The molecule has 64 valence electrons. The minimum Gasteiger partial charge on any atom is -0.310 e. The van der Waals surface area contributed by atoms with Crippen LogP contribution in [0.25, 0.3) is 0 Å². The summed E-state index contributed by atoms with van der Waals surface area (Å²) in [6.45, 7) is 0.963. The Hall–Kier alpha value is -0.960. The minimum atomic E-state index is -1.01.